The summed E-state index contributed by atoms with van der Waals surface area (Å²) in [5.74, 6) is -1.29. The van der Waals surface area contributed by atoms with Gasteiger partial charge in [-0.15, -0.1) is 0 Å². The van der Waals surface area contributed by atoms with Gasteiger partial charge in [-0.1, -0.05) is 0 Å². The summed E-state index contributed by atoms with van der Waals surface area (Å²) in [5.41, 5.74) is 0. The van der Waals surface area contributed by atoms with E-state index in [1.165, 1.54) is 0 Å². The molecule has 0 saturated heterocycles. The topological polar surface area (TPSA) is 52.6 Å². The molecule has 0 aliphatic carbocycles. The normalized spacial score (nSPS) is 11.4. The van der Waals surface area contributed by atoms with Crippen molar-refractivity contribution in [3.63, 3.8) is 0 Å². The molecular formula is C20H24O4Pb. The predicted octanol–water partition coefficient (Wildman–Crippen LogP) is 2.64. The molecule has 0 saturated carbocycles. The van der Waals surface area contributed by atoms with E-state index in [9.17, 15) is 9.59 Å². The van der Waals surface area contributed by atoms with Crippen LogP contribution in [0.5, 0.6) is 0 Å². The Hall–Kier alpha value is -1.70. The Balaban J connectivity index is 2.64. The minimum atomic E-state index is -4.63. The van der Waals surface area contributed by atoms with Gasteiger partial charge in [-0.25, -0.2) is 0 Å². The fourth-order valence-corrected chi connectivity index (χ4v) is 14.5. The van der Waals surface area contributed by atoms with Gasteiger partial charge in [0.1, 0.15) is 0 Å². The third-order valence-electron chi connectivity index (χ3n) is 3.74. The molecule has 0 amide bonds. The van der Waals surface area contributed by atoms with Crippen LogP contribution in [0.3, 0.4) is 0 Å². The van der Waals surface area contributed by atoms with Gasteiger partial charge < -0.3 is 0 Å². The Kier molecular flexibility index (Phi) is 6.75. The van der Waals surface area contributed by atoms with Gasteiger partial charge in [-0.05, 0) is 0 Å². The average molecular weight is 536 g/mol. The molecule has 25 heavy (non-hydrogen) atoms. The van der Waals surface area contributed by atoms with Crippen molar-refractivity contribution in [1.82, 2.24) is 0 Å². The van der Waals surface area contributed by atoms with E-state index >= 15 is 0 Å². The van der Waals surface area contributed by atoms with Crippen molar-refractivity contribution in [2.24, 2.45) is 11.8 Å². The van der Waals surface area contributed by atoms with E-state index in [4.69, 9.17) is 5.37 Å². The van der Waals surface area contributed by atoms with Gasteiger partial charge in [-0.3, -0.25) is 0 Å². The number of carbonyl (C=O) groups is 2. The summed E-state index contributed by atoms with van der Waals surface area (Å²) >= 11 is -4.63. The maximum absolute atomic E-state index is 12.5. The van der Waals surface area contributed by atoms with Crippen LogP contribution >= 0.6 is 0 Å². The first-order valence-corrected chi connectivity index (χ1v) is 15.5. The summed E-state index contributed by atoms with van der Waals surface area (Å²) in [4.78, 5) is 25.0. The molecule has 0 atom stereocenters. The summed E-state index contributed by atoms with van der Waals surface area (Å²) in [6, 6.07) is 18.8. The third kappa shape index (κ3) is 4.68. The second-order valence-electron chi connectivity index (χ2n) is 6.50. The predicted molar refractivity (Wildman–Crippen MR) is 99.8 cm³/mol. The standard InChI is InChI=1S/2C6H5.2C4H8O2.Pb/c2*1-2-4-6-5-3-1;2*1-3(2)4(5)6;/h2*1-5H;2*3H,1-2H3,(H,5,6);/q;;;;+2/p-2. The molecule has 0 spiro atoms. The number of rotatable bonds is 6. The zero-order valence-corrected chi connectivity index (χ0v) is 18.9. The SMILES string of the molecule is CC(C)C(=O)[O][Pb]([O]C(=O)C(C)C)([c]1ccccc1)[c]1ccccc1. The van der Waals surface area contributed by atoms with Crippen LogP contribution in [0.1, 0.15) is 27.7 Å². The van der Waals surface area contributed by atoms with Crippen LogP contribution in [-0.4, -0.2) is 34.0 Å². The van der Waals surface area contributed by atoms with E-state index in [1.54, 1.807) is 27.7 Å². The Labute approximate surface area is 155 Å². The van der Waals surface area contributed by atoms with Crippen LogP contribution < -0.4 is 6.25 Å². The van der Waals surface area contributed by atoms with Crippen LogP contribution in [0.25, 0.3) is 0 Å². The van der Waals surface area contributed by atoms with E-state index in [2.05, 4.69) is 0 Å². The van der Waals surface area contributed by atoms with Crippen molar-refractivity contribution in [3.8, 4) is 0 Å². The molecule has 0 heterocycles. The Morgan fingerprint density at radius 1 is 0.680 bits per heavy atom. The molecule has 0 N–H and O–H groups in total. The second kappa shape index (κ2) is 8.60. The molecule has 5 heteroatoms. The van der Waals surface area contributed by atoms with E-state index in [-0.39, 0.29) is 23.8 Å². The third-order valence-corrected chi connectivity index (χ3v) is 16.0. The summed E-state index contributed by atoms with van der Waals surface area (Å²) in [6.45, 7) is 7.12. The van der Waals surface area contributed by atoms with Crippen LogP contribution in [0.4, 0.5) is 0 Å². The number of benzene rings is 2. The van der Waals surface area contributed by atoms with Crippen LogP contribution in [0.2, 0.25) is 0 Å². The van der Waals surface area contributed by atoms with Gasteiger partial charge >= 0.3 is 155 Å². The van der Waals surface area contributed by atoms with Crippen molar-refractivity contribution in [2.75, 3.05) is 0 Å². The molecule has 0 radical (unpaired) electrons. The quantitative estimate of drug-likeness (QED) is 0.534. The number of hydrogen-bond donors (Lipinski definition) is 0. The zero-order valence-electron chi connectivity index (χ0n) is 15.1. The van der Waals surface area contributed by atoms with Gasteiger partial charge in [0.05, 0.1) is 0 Å². The second-order valence-corrected chi connectivity index (χ2v) is 17.4. The van der Waals surface area contributed by atoms with Crippen LogP contribution in [0, 0.1) is 11.8 Å². The Bertz CT molecular complexity index is 647. The van der Waals surface area contributed by atoms with E-state index in [0.29, 0.717) is 0 Å². The monoisotopic (exact) mass is 536 g/mol. The van der Waals surface area contributed by atoms with E-state index in [0.717, 1.165) is 6.25 Å². The minimum absolute atomic E-state index is 0.301. The molecule has 0 unspecified atom stereocenters. The molecule has 0 fully saturated rings. The number of hydrogen-bond acceptors (Lipinski definition) is 4. The molecule has 4 nitrogen and oxygen atoms in total. The van der Waals surface area contributed by atoms with Crippen LogP contribution in [0.15, 0.2) is 60.7 Å². The van der Waals surface area contributed by atoms with Crippen molar-refractivity contribution >= 4 is 40.3 Å². The fourth-order valence-electron chi connectivity index (χ4n) is 2.26. The molecular weight excluding hydrogens is 511 g/mol. The van der Waals surface area contributed by atoms with Crippen molar-refractivity contribution in [3.05, 3.63) is 60.7 Å². The van der Waals surface area contributed by atoms with Gasteiger partial charge in [0, 0.05) is 0 Å². The van der Waals surface area contributed by atoms with Gasteiger partial charge in [0.25, 0.3) is 0 Å². The first kappa shape index (κ1) is 19.6. The molecule has 0 bridgehead atoms. The molecule has 2 aromatic carbocycles. The molecule has 0 aliphatic rings. The molecule has 2 aromatic rings. The summed E-state index contributed by atoms with van der Waals surface area (Å²) in [6.07, 6.45) is 0. The summed E-state index contributed by atoms with van der Waals surface area (Å²) < 4.78 is 13.7. The van der Waals surface area contributed by atoms with E-state index in [1.807, 2.05) is 60.7 Å². The van der Waals surface area contributed by atoms with E-state index < -0.39 is 22.1 Å². The van der Waals surface area contributed by atoms with Gasteiger partial charge in [0.2, 0.25) is 0 Å². The fraction of sp³-hybridized carbons (Fsp3) is 0.300. The molecule has 2 rings (SSSR count). The Morgan fingerprint density at radius 2 is 1.00 bits per heavy atom. The number of carbonyl (C=O) groups excluding carboxylic acids is 2. The van der Waals surface area contributed by atoms with Crippen molar-refractivity contribution < 1.29 is 15.0 Å². The van der Waals surface area contributed by atoms with Crippen molar-refractivity contribution in [1.29, 1.82) is 0 Å². The molecule has 132 valence electrons. The van der Waals surface area contributed by atoms with Gasteiger partial charge in [0.15, 0.2) is 0 Å². The Morgan fingerprint density at radius 3 is 1.28 bits per heavy atom. The maximum atomic E-state index is 12.5. The molecule has 0 aliphatic heterocycles. The zero-order chi connectivity index (χ0) is 18.4. The average Bonchev–Trinajstić information content (AvgIpc) is 2.62. The van der Waals surface area contributed by atoms with Crippen molar-refractivity contribution in [2.45, 2.75) is 27.7 Å². The van der Waals surface area contributed by atoms with Gasteiger partial charge in [-0.2, -0.15) is 0 Å². The first-order valence-electron chi connectivity index (χ1n) is 8.43. The molecule has 0 aromatic heterocycles. The summed E-state index contributed by atoms with van der Waals surface area (Å²) in [7, 11) is 0. The van der Waals surface area contributed by atoms with Crippen LogP contribution in [-0.2, 0) is 15.0 Å². The first-order chi connectivity index (χ1) is 11.9. The summed E-state index contributed by atoms with van der Waals surface area (Å²) in [5, 5.41) is 0.